The van der Waals surface area contributed by atoms with E-state index in [2.05, 4.69) is 27.3 Å². The smallest absolute Gasteiger partial charge is 0.136 e. The molecule has 0 radical (unpaired) electrons. The molecule has 20 heavy (non-hydrogen) atoms. The van der Waals surface area contributed by atoms with Gasteiger partial charge in [-0.25, -0.2) is 0 Å². The Kier molecular flexibility index (Phi) is 5.03. The van der Waals surface area contributed by atoms with Crippen molar-refractivity contribution in [1.29, 1.82) is 0 Å². The molecule has 0 saturated carbocycles. The van der Waals surface area contributed by atoms with Gasteiger partial charge < -0.3 is 10.6 Å². The van der Waals surface area contributed by atoms with Crippen molar-refractivity contribution in [3.8, 4) is 0 Å². The Morgan fingerprint density at radius 3 is 2.45 bits per heavy atom. The summed E-state index contributed by atoms with van der Waals surface area (Å²) in [6.07, 6.45) is 0. The Hall–Kier alpha value is -2.46. The van der Waals surface area contributed by atoms with Crippen molar-refractivity contribution in [3.05, 3.63) is 60.2 Å². The van der Waals surface area contributed by atoms with Crippen LogP contribution < -0.4 is 10.6 Å². The molecule has 0 heterocycles. The average molecular weight is 266 g/mol. The second-order valence-corrected chi connectivity index (χ2v) is 4.18. The van der Waals surface area contributed by atoms with Gasteiger partial charge in [-0.2, -0.15) is 0 Å². The van der Waals surface area contributed by atoms with Crippen LogP contribution in [0.25, 0.3) is 0 Å². The number of amidine groups is 1. The van der Waals surface area contributed by atoms with E-state index in [1.807, 2.05) is 61.6 Å². The van der Waals surface area contributed by atoms with Crippen LogP contribution in [0.15, 0.2) is 64.6 Å². The van der Waals surface area contributed by atoms with Crippen LogP contribution in [0.1, 0.15) is 5.56 Å². The fourth-order valence-corrected chi connectivity index (χ4v) is 1.82. The first kappa shape index (κ1) is 14.0. The Balaban J connectivity index is 2.35. The number of rotatable bonds is 5. The summed E-state index contributed by atoms with van der Waals surface area (Å²) in [7, 11) is 1.86. The van der Waals surface area contributed by atoms with Crippen molar-refractivity contribution < 1.29 is 0 Å². The van der Waals surface area contributed by atoms with Crippen LogP contribution in [0.4, 0.5) is 11.4 Å². The lowest BCUT2D eigenvalue weighted by molar-refractivity contribution is 0.834. The number of anilines is 1. The van der Waals surface area contributed by atoms with Gasteiger partial charge >= 0.3 is 0 Å². The van der Waals surface area contributed by atoms with Gasteiger partial charge in [-0.05, 0) is 38.0 Å². The maximum absolute atomic E-state index is 4.52. The average Bonchev–Trinajstić information content (AvgIpc) is 2.52. The van der Waals surface area contributed by atoms with E-state index in [4.69, 9.17) is 0 Å². The molecule has 4 heteroatoms. The quantitative estimate of drug-likeness (QED) is 0.645. The minimum atomic E-state index is 0.528. The molecule has 0 saturated heterocycles. The number of para-hydroxylation sites is 2. The molecule has 2 rings (SSSR count). The van der Waals surface area contributed by atoms with Gasteiger partial charge in [0.25, 0.3) is 0 Å². The lowest BCUT2D eigenvalue weighted by atomic mass is 10.1. The number of benzene rings is 2. The van der Waals surface area contributed by atoms with Gasteiger partial charge in [0.05, 0.1) is 12.4 Å². The fourth-order valence-electron chi connectivity index (χ4n) is 1.82. The highest BCUT2D eigenvalue weighted by Gasteiger charge is 2.08. The van der Waals surface area contributed by atoms with Crippen molar-refractivity contribution in [1.82, 2.24) is 5.32 Å². The first-order valence-corrected chi connectivity index (χ1v) is 6.42. The monoisotopic (exact) mass is 266 g/mol. The van der Waals surface area contributed by atoms with Crippen molar-refractivity contribution >= 4 is 23.9 Å². The van der Waals surface area contributed by atoms with E-state index in [-0.39, 0.29) is 0 Å². The van der Waals surface area contributed by atoms with Gasteiger partial charge in [0.1, 0.15) is 5.84 Å². The van der Waals surface area contributed by atoms with Crippen molar-refractivity contribution in [2.45, 2.75) is 0 Å². The molecule has 0 aromatic heterocycles. The molecule has 2 N–H and O–H groups in total. The summed E-state index contributed by atoms with van der Waals surface area (Å²) in [5.41, 5.74) is 2.73. The van der Waals surface area contributed by atoms with E-state index < -0.39 is 0 Å². The maximum Gasteiger partial charge on any atom is 0.136 e. The Morgan fingerprint density at radius 2 is 1.75 bits per heavy atom. The number of nitrogens with one attached hydrogen (secondary N) is 2. The topological polar surface area (TPSA) is 48.8 Å². The molecule has 2 aromatic rings. The molecular weight excluding hydrogens is 248 g/mol. The first-order chi connectivity index (χ1) is 9.85. The van der Waals surface area contributed by atoms with Crippen molar-refractivity contribution in [2.75, 3.05) is 19.0 Å². The third-order valence-electron chi connectivity index (χ3n) is 2.76. The number of hydrogen-bond donors (Lipinski definition) is 2. The summed E-state index contributed by atoms with van der Waals surface area (Å²) in [5, 5.41) is 6.34. The summed E-state index contributed by atoms with van der Waals surface area (Å²) >= 11 is 0. The van der Waals surface area contributed by atoms with E-state index in [1.54, 1.807) is 0 Å². The molecule has 0 atom stereocenters. The normalized spacial score (nSPS) is 11.2. The van der Waals surface area contributed by atoms with Crippen LogP contribution in [-0.4, -0.2) is 26.3 Å². The molecule has 0 aliphatic carbocycles. The maximum atomic E-state index is 4.52. The van der Waals surface area contributed by atoms with Crippen LogP contribution in [-0.2, 0) is 0 Å². The summed E-state index contributed by atoms with van der Waals surface area (Å²) in [5.74, 6) is 0.772. The standard InChI is InChI=1S/C16H18N4/c1-17-12-19-16(20-13-8-4-3-5-9-13)14-10-6-7-11-15(14)18-2/h3-11,17H,2,12H2,1H3,(H,19,20). The summed E-state index contributed by atoms with van der Waals surface area (Å²) < 4.78 is 0. The van der Waals surface area contributed by atoms with Crippen LogP contribution in [0.3, 0.4) is 0 Å². The van der Waals surface area contributed by atoms with Crippen molar-refractivity contribution in [3.63, 3.8) is 0 Å². The molecule has 0 spiro atoms. The summed E-state index contributed by atoms with van der Waals surface area (Å²) in [4.78, 5) is 8.57. The van der Waals surface area contributed by atoms with Gasteiger partial charge in [-0.1, -0.05) is 30.3 Å². The molecular formula is C16H18N4. The summed E-state index contributed by atoms with van der Waals surface area (Å²) in [6.45, 7) is 4.14. The van der Waals surface area contributed by atoms with E-state index in [9.17, 15) is 0 Å². The van der Waals surface area contributed by atoms with Crippen LogP contribution in [0.2, 0.25) is 0 Å². The zero-order valence-electron chi connectivity index (χ0n) is 11.5. The second-order valence-electron chi connectivity index (χ2n) is 4.18. The Bertz CT molecular complexity index is 590. The highest BCUT2D eigenvalue weighted by molar-refractivity contribution is 6.11. The number of nitrogens with zero attached hydrogens (tertiary/aromatic N) is 2. The lowest BCUT2D eigenvalue weighted by Gasteiger charge is -2.12. The Morgan fingerprint density at radius 1 is 1.05 bits per heavy atom. The van der Waals surface area contributed by atoms with Crippen molar-refractivity contribution in [2.24, 2.45) is 9.98 Å². The minimum absolute atomic E-state index is 0.528. The van der Waals surface area contributed by atoms with Crippen LogP contribution in [0.5, 0.6) is 0 Å². The second kappa shape index (κ2) is 7.21. The fraction of sp³-hybridized carbons (Fsp3) is 0.125. The van der Waals surface area contributed by atoms with E-state index in [1.165, 1.54) is 0 Å². The van der Waals surface area contributed by atoms with Crippen LogP contribution >= 0.6 is 0 Å². The molecule has 0 aliphatic rings. The van der Waals surface area contributed by atoms with Gasteiger partial charge in [0.15, 0.2) is 0 Å². The summed E-state index contributed by atoms with van der Waals surface area (Å²) in [6, 6.07) is 17.7. The number of aliphatic imine (C=N–C) groups is 2. The molecule has 0 bridgehead atoms. The highest BCUT2D eigenvalue weighted by Crippen LogP contribution is 2.20. The predicted octanol–water partition coefficient (Wildman–Crippen LogP) is 3.05. The van der Waals surface area contributed by atoms with Gasteiger partial charge in [-0.15, -0.1) is 0 Å². The molecule has 0 amide bonds. The molecule has 102 valence electrons. The molecule has 0 aliphatic heterocycles. The zero-order valence-corrected chi connectivity index (χ0v) is 11.5. The third-order valence-corrected chi connectivity index (χ3v) is 2.76. The SMILES string of the molecule is C=Nc1ccccc1/C(=N\CNC)Nc1ccccc1. The highest BCUT2D eigenvalue weighted by atomic mass is 15.1. The number of hydrogen-bond acceptors (Lipinski definition) is 3. The van der Waals surface area contributed by atoms with E-state index in [0.717, 1.165) is 22.8 Å². The molecule has 2 aromatic carbocycles. The van der Waals surface area contributed by atoms with E-state index >= 15 is 0 Å². The Labute approximate surface area is 119 Å². The first-order valence-electron chi connectivity index (χ1n) is 6.42. The van der Waals surface area contributed by atoms with Gasteiger partial charge in [0.2, 0.25) is 0 Å². The minimum Gasteiger partial charge on any atom is -0.340 e. The molecule has 0 unspecified atom stereocenters. The van der Waals surface area contributed by atoms with Gasteiger partial charge in [0, 0.05) is 11.3 Å². The third kappa shape index (κ3) is 3.52. The van der Waals surface area contributed by atoms with Gasteiger partial charge in [-0.3, -0.25) is 9.98 Å². The largest absolute Gasteiger partial charge is 0.340 e. The molecule has 4 nitrogen and oxygen atoms in total. The zero-order chi connectivity index (χ0) is 14.2. The van der Waals surface area contributed by atoms with E-state index in [0.29, 0.717) is 6.67 Å². The molecule has 0 fully saturated rings. The van der Waals surface area contributed by atoms with Crippen LogP contribution in [0, 0.1) is 0 Å². The lowest BCUT2D eigenvalue weighted by Crippen LogP contribution is -2.17. The predicted molar refractivity (Wildman–Crippen MR) is 86.2 cm³/mol.